The van der Waals surface area contributed by atoms with Gasteiger partial charge < -0.3 is 4.74 Å². The van der Waals surface area contributed by atoms with E-state index in [2.05, 4.69) is 29.6 Å². The van der Waals surface area contributed by atoms with Crippen LogP contribution >= 0.6 is 11.3 Å². The second-order valence-electron chi connectivity index (χ2n) is 8.55. The minimum absolute atomic E-state index is 0.218. The summed E-state index contributed by atoms with van der Waals surface area (Å²) in [7, 11) is 0. The first-order valence-electron chi connectivity index (χ1n) is 12.1. The van der Waals surface area contributed by atoms with Gasteiger partial charge in [0.2, 0.25) is 0 Å². The first-order valence-corrected chi connectivity index (χ1v) is 13.0. The second-order valence-corrected chi connectivity index (χ2v) is 9.41. The molecule has 0 unspecified atom stereocenters. The normalized spacial score (nSPS) is 11.1. The molecule has 0 spiro atoms. The lowest BCUT2D eigenvalue weighted by atomic mass is 10.0. The van der Waals surface area contributed by atoms with E-state index in [1.54, 1.807) is 0 Å². The number of aromatic nitrogens is 2. The summed E-state index contributed by atoms with van der Waals surface area (Å²) >= 11 is 1.42. The van der Waals surface area contributed by atoms with Gasteiger partial charge in [-0.1, -0.05) is 60.7 Å². The Hall–Kier alpha value is -4.55. The zero-order valence-electron chi connectivity index (χ0n) is 20.1. The predicted octanol–water partition coefficient (Wildman–Crippen LogP) is 7.83. The average molecular weight is 502 g/mol. The third-order valence-corrected chi connectivity index (χ3v) is 6.97. The summed E-state index contributed by atoms with van der Waals surface area (Å²) in [5.41, 5.74) is 4.83. The summed E-state index contributed by atoms with van der Waals surface area (Å²) < 4.78 is 5.56. The number of fused-ring (bicyclic) bond motifs is 2. The second kappa shape index (κ2) is 9.84. The number of carbonyl (C=O) groups is 1. The van der Waals surface area contributed by atoms with Gasteiger partial charge >= 0.3 is 0 Å². The molecule has 0 fully saturated rings. The molecule has 1 N–H and O–H groups in total. The predicted molar refractivity (Wildman–Crippen MR) is 151 cm³/mol. The van der Waals surface area contributed by atoms with E-state index in [1.807, 2.05) is 85.1 Å². The van der Waals surface area contributed by atoms with Gasteiger partial charge in [-0.3, -0.25) is 10.1 Å². The number of rotatable bonds is 6. The molecule has 4 aromatic carbocycles. The number of carbonyl (C=O) groups excluding carboxylic acids is 1. The Labute approximate surface area is 218 Å². The lowest BCUT2D eigenvalue weighted by Gasteiger charge is -2.10. The van der Waals surface area contributed by atoms with Gasteiger partial charge in [0, 0.05) is 21.9 Å². The quantitative estimate of drug-likeness (QED) is 0.253. The fourth-order valence-corrected chi connectivity index (χ4v) is 5.17. The van der Waals surface area contributed by atoms with E-state index in [0.29, 0.717) is 17.3 Å². The molecule has 37 heavy (non-hydrogen) atoms. The number of hydrogen-bond donors (Lipinski definition) is 1. The van der Waals surface area contributed by atoms with E-state index in [1.165, 1.54) is 11.3 Å². The highest BCUT2D eigenvalue weighted by atomic mass is 32.1. The maximum Gasteiger partial charge on any atom is 0.258 e. The third-order valence-electron chi connectivity index (χ3n) is 6.21. The Morgan fingerprint density at radius 3 is 2.43 bits per heavy atom. The zero-order valence-corrected chi connectivity index (χ0v) is 21.0. The Morgan fingerprint density at radius 1 is 0.838 bits per heavy atom. The largest absolute Gasteiger partial charge is 0.494 e. The summed E-state index contributed by atoms with van der Waals surface area (Å²) in [6.07, 6.45) is 0. The number of benzene rings is 4. The van der Waals surface area contributed by atoms with Crippen LogP contribution in [-0.4, -0.2) is 22.5 Å². The fourth-order valence-electron chi connectivity index (χ4n) is 4.47. The molecule has 0 radical (unpaired) electrons. The molecule has 6 heteroatoms. The van der Waals surface area contributed by atoms with Crippen LogP contribution < -0.4 is 10.1 Å². The number of thiazole rings is 1. The van der Waals surface area contributed by atoms with Crippen molar-refractivity contribution in [2.75, 3.05) is 11.9 Å². The number of hydrogen-bond acceptors (Lipinski definition) is 5. The Kier molecular flexibility index (Phi) is 6.08. The molecular weight excluding hydrogens is 478 g/mol. The highest BCUT2D eigenvalue weighted by Crippen LogP contribution is 2.32. The molecule has 2 heterocycles. The summed E-state index contributed by atoms with van der Waals surface area (Å²) in [5.74, 6) is 0.584. The number of nitrogens with zero attached hydrogens (tertiary/aromatic N) is 2. The van der Waals surface area contributed by atoms with Crippen molar-refractivity contribution in [3.05, 3.63) is 108 Å². The summed E-state index contributed by atoms with van der Waals surface area (Å²) in [6, 6.07) is 31.7. The minimum atomic E-state index is -0.218. The lowest BCUT2D eigenvalue weighted by Crippen LogP contribution is -2.13. The van der Waals surface area contributed by atoms with Gasteiger partial charge in [0.25, 0.3) is 5.91 Å². The maximum absolute atomic E-state index is 13.5. The van der Waals surface area contributed by atoms with E-state index in [9.17, 15) is 4.79 Å². The Morgan fingerprint density at radius 2 is 1.59 bits per heavy atom. The molecule has 0 bridgehead atoms. The van der Waals surface area contributed by atoms with Gasteiger partial charge in [-0.2, -0.15) is 0 Å². The van der Waals surface area contributed by atoms with Crippen LogP contribution in [0.5, 0.6) is 5.75 Å². The van der Waals surface area contributed by atoms with E-state index >= 15 is 0 Å². The van der Waals surface area contributed by atoms with Gasteiger partial charge in [-0.25, -0.2) is 9.97 Å². The van der Waals surface area contributed by atoms with E-state index in [4.69, 9.17) is 14.7 Å². The van der Waals surface area contributed by atoms with Crippen molar-refractivity contribution in [3.8, 4) is 28.3 Å². The van der Waals surface area contributed by atoms with E-state index in [-0.39, 0.29) is 5.91 Å². The average Bonchev–Trinajstić information content (AvgIpc) is 3.41. The first-order chi connectivity index (χ1) is 18.2. The first kappa shape index (κ1) is 22.9. The van der Waals surface area contributed by atoms with Crippen molar-refractivity contribution in [1.29, 1.82) is 0 Å². The van der Waals surface area contributed by atoms with Gasteiger partial charge in [0.05, 0.1) is 29.1 Å². The van der Waals surface area contributed by atoms with Crippen LogP contribution in [0.3, 0.4) is 0 Å². The van der Waals surface area contributed by atoms with Gasteiger partial charge in [0.15, 0.2) is 5.13 Å². The summed E-state index contributed by atoms with van der Waals surface area (Å²) in [5, 5.41) is 8.63. The number of ether oxygens (including phenoxy) is 1. The van der Waals surface area contributed by atoms with Crippen LogP contribution in [0.15, 0.2) is 102 Å². The molecule has 5 nitrogen and oxygen atoms in total. The molecule has 6 aromatic rings. The molecule has 6 rings (SSSR count). The Bertz CT molecular complexity index is 1740. The summed E-state index contributed by atoms with van der Waals surface area (Å²) in [6.45, 7) is 2.56. The molecule has 0 aliphatic rings. The monoisotopic (exact) mass is 501 g/mol. The number of para-hydroxylation sites is 1. The van der Waals surface area contributed by atoms with Crippen molar-refractivity contribution in [2.45, 2.75) is 6.92 Å². The highest BCUT2D eigenvalue weighted by molar-refractivity contribution is 7.14. The number of anilines is 1. The minimum Gasteiger partial charge on any atom is -0.494 e. The topological polar surface area (TPSA) is 64.1 Å². The van der Waals surface area contributed by atoms with Crippen molar-refractivity contribution in [2.24, 2.45) is 0 Å². The number of amides is 1. The van der Waals surface area contributed by atoms with Crippen molar-refractivity contribution in [3.63, 3.8) is 0 Å². The van der Waals surface area contributed by atoms with Crippen molar-refractivity contribution >= 4 is 44.1 Å². The van der Waals surface area contributed by atoms with Crippen LogP contribution in [0.1, 0.15) is 17.3 Å². The van der Waals surface area contributed by atoms with Crippen molar-refractivity contribution in [1.82, 2.24) is 9.97 Å². The molecule has 0 saturated carbocycles. The van der Waals surface area contributed by atoms with Crippen LogP contribution in [-0.2, 0) is 0 Å². The van der Waals surface area contributed by atoms with E-state index < -0.39 is 0 Å². The van der Waals surface area contributed by atoms with Crippen molar-refractivity contribution < 1.29 is 9.53 Å². The molecular formula is C31H23N3O2S. The molecule has 2 aromatic heterocycles. The van der Waals surface area contributed by atoms with Gasteiger partial charge in [-0.05, 0) is 54.1 Å². The zero-order chi connectivity index (χ0) is 25.2. The molecule has 0 saturated heterocycles. The molecule has 180 valence electrons. The van der Waals surface area contributed by atoms with Crippen LogP contribution in [0.25, 0.3) is 44.2 Å². The molecule has 0 aliphatic carbocycles. The van der Waals surface area contributed by atoms with Crippen LogP contribution in [0, 0.1) is 0 Å². The molecule has 1 amide bonds. The Balaban J connectivity index is 1.33. The number of nitrogens with one attached hydrogen (secondary N) is 1. The van der Waals surface area contributed by atoms with Crippen LogP contribution in [0.4, 0.5) is 5.13 Å². The molecule has 0 aliphatic heterocycles. The maximum atomic E-state index is 13.5. The lowest BCUT2D eigenvalue weighted by molar-refractivity contribution is 0.102. The van der Waals surface area contributed by atoms with E-state index in [0.717, 1.165) is 49.9 Å². The standard InChI is InChI=1S/C31H23N3O2S/c1-2-36-22-16-14-21(15-17-22)28-18-26(25-11-5-6-13-27(25)32-28)30(35)34-31-33-29(19-37-31)24-12-7-9-20-8-3-4-10-23(20)24/h3-19H,2H2,1H3,(H,33,34,35). The molecule has 0 atom stereocenters. The highest BCUT2D eigenvalue weighted by Gasteiger charge is 2.16. The van der Waals surface area contributed by atoms with Gasteiger partial charge in [0.1, 0.15) is 5.75 Å². The van der Waals surface area contributed by atoms with Crippen LogP contribution in [0.2, 0.25) is 0 Å². The number of pyridine rings is 1. The van der Waals surface area contributed by atoms with Gasteiger partial charge in [-0.15, -0.1) is 11.3 Å². The SMILES string of the molecule is CCOc1ccc(-c2cc(C(=O)Nc3nc(-c4cccc5ccccc45)cs3)c3ccccc3n2)cc1. The smallest absolute Gasteiger partial charge is 0.258 e. The fraction of sp³-hybridized carbons (Fsp3) is 0.0645. The summed E-state index contributed by atoms with van der Waals surface area (Å²) in [4.78, 5) is 23.1. The third kappa shape index (κ3) is 4.55.